The van der Waals surface area contributed by atoms with Crippen LogP contribution >= 0.6 is 12.2 Å². The second-order valence-corrected chi connectivity index (χ2v) is 6.57. The van der Waals surface area contributed by atoms with Gasteiger partial charge in [0.25, 0.3) is 0 Å². The van der Waals surface area contributed by atoms with Gasteiger partial charge in [-0.15, -0.1) is 0 Å². The molecule has 3 rings (SSSR count). The number of benzene rings is 1. The second kappa shape index (κ2) is 7.27. The number of ether oxygens (including phenoxy) is 1. The van der Waals surface area contributed by atoms with Gasteiger partial charge in [-0.05, 0) is 44.5 Å². The van der Waals surface area contributed by atoms with Crippen LogP contribution in [0.2, 0.25) is 0 Å². The van der Waals surface area contributed by atoms with Crippen molar-refractivity contribution < 1.29 is 9.53 Å². The van der Waals surface area contributed by atoms with Crippen molar-refractivity contribution in [3.05, 3.63) is 34.6 Å². The lowest BCUT2D eigenvalue weighted by Gasteiger charge is -2.19. The predicted molar refractivity (Wildman–Crippen MR) is 94.2 cm³/mol. The van der Waals surface area contributed by atoms with Gasteiger partial charge < -0.3 is 10.1 Å². The van der Waals surface area contributed by atoms with Crippen LogP contribution in [0, 0.1) is 11.7 Å². The molecule has 0 aliphatic heterocycles. The van der Waals surface area contributed by atoms with Crippen LogP contribution < -0.4 is 5.32 Å². The Morgan fingerprint density at radius 2 is 2.33 bits per heavy atom. The molecule has 2 atom stereocenters. The average Bonchev–Trinajstić information content (AvgIpc) is 3.14. The molecule has 1 saturated carbocycles. The number of H-pyrrole nitrogens is 1. The zero-order valence-electron chi connectivity index (χ0n) is 13.9. The van der Waals surface area contributed by atoms with Gasteiger partial charge in [0, 0.05) is 12.7 Å². The smallest absolute Gasteiger partial charge is 0.240 e. The van der Waals surface area contributed by atoms with Crippen LogP contribution in [0.3, 0.4) is 0 Å². The Morgan fingerprint density at radius 3 is 3.08 bits per heavy atom. The predicted octanol–water partition coefficient (Wildman–Crippen LogP) is 2.60. The van der Waals surface area contributed by atoms with E-state index in [2.05, 4.69) is 15.5 Å². The third-order valence-corrected chi connectivity index (χ3v) is 4.75. The van der Waals surface area contributed by atoms with Gasteiger partial charge in [0.05, 0.1) is 12.1 Å². The highest BCUT2D eigenvalue weighted by Gasteiger charge is 2.28. The van der Waals surface area contributed by atoms with Crippen molar-refractivity contribution in [3.63, 3.8) is 0 Å². The maximum atomic E-state index is 12.5. The first kappa shape index (κ1) is 16.9. The zero-order valence-corrected chi connectivity index (χ0v) is 14.7. The number of hydrogen-bond donors (Lipinski definition) is 2. The molecule has 2 aromatic rings. The third kappa shape index (κ3) is 3.57. The lowest BCUT2D eigenvalue weighted by molar-refractivity contribution is -0.123. The van der Waals surface area contributed by atoms with E-state index in [1.165, 1.54) is 0 Å². The molecule has 128 valence electrons. The molecule has 1 amide bonds. The monoisotopic (exact) mass is 346 g/mol. The lowest BCUT2D eigenvalue weighted by atomic mass is 10.1. The Bertz CT molecular complexity index is 783. The molecule has 6 nitrogen and oxygen atoms in total. The number of carbonyl (C=O) groups is 1. The van der Waals surface area contributed by atoms with E-state index in [1.807, 2.05) is 31.2 Å². The van der Waals surface area contributed by atoms with Crippen molar-refractivity contribution in [3.8, 4) is 11.4 Å². The van der Waals surface area contributed by atoms with Gasteiger partial charge in [0.15, 0.2) is 10.6 Å². The van der Waals surface area contributed by atoms with E-state index in [0.717, 1.165) is 30.4 Å². The first-order chi connectivity index (χ1) is 11.6. The first-order valence-corrected chi connectivity index (χ1v) is 8.53. The summed E-state index contributed by atoms with van der Waals surface area (Å²) in [5.74, 6) is 0.601. The number of aromatic nitrogens is 3. The molecule has 1 aliphatic carbocycles. The SMILES string of the molecule is CO[C@H]1CCC[C@H]1NC(=O)Cn1c(-c2cccc(C)c2)n[nH]c1=S. The molecule has 0 spiro atoms. The lowest BCUT2D eigenvalue weighted by Crippen LogP contribution is -2.42. The van der Waals surface area contributed by atoms with Gasteiger partial charge in [-0.1, -0.05) is 23.8 Å². The summed E-state index contributed by atoms with van der Waals surface area (Å²) in [6.07, 6.45) is 3.11. The van der Waals surface area contributed by atoms with E-state index in [4.69, 9.17) is 17.0 Å². The summed E-state index contributed by atoms with van der Waals surface area (Å²) in [6, 6.07) is 8.05. The first-order valence-electron chi connectivity index (χ1n) is 8.13. The fraction of sp³-hybridized carbons (Fsp3) is 0.471. The van der Waals surface area contributed by atoms with Crippen LogP contribution in [0.25, 0.3) is 11.4 Å². The van der Waals surface area contributed by atoms with Gasteiger partial charge in [-0.2, -0.15) is 5.10 Å². The van der Waals surface area contributed by atoms with E-state index in [9.17, 15) is 4.79 Å². The summed E-state index contributed by atoms with van der Waals surface area (Å²) in [5, 5.41) is 10.1. The molecular formula is C17H22N4O2S. The van der Waals surface area contributed by atoms with Crippen molar-refractivity contribution in [1.29, 1.82) is 0 Å². The minimum absolute atomic E-state index is 0.0737. The normalized spacial score (nSPS) is 20.2. The molecule has 1 fully saturated rings. The summed E-state index contributed by atoms with van der Waals surface area (Å²) in [4.78, 5) is 12.5. The molecule has 1 aliphatic rings. The molecule has 0 bridgehead atoms. The Hall–Kier alpha value is -1.99. The molecule has 1 aromatic carbocycles. The van der Waals surface area contributed by atoms with Crippen LogP contribution in [0.15, 0.2) is 24.3 Å². The van der Waals surface area contributed by atoms with E-state index in [-0.39, 0.29) is 24.6 Å². The summed E-state index contributed by atoms with van der Waals surface area (Å²) >= 11 is 5.29. The van der Waals surface area contributed by atoms with Gasteiger partial charge in [-0.25, -0.2) is 0 Å². The molecule has 0 radical (unpaired) electrons. The van der Waals surface area contributed by atoms with Crippen molar-refractivity contribution >= 4 is 18.1 Å². The maximum Gasteiger partial charge on any atom is 0.240 e. The topological polar surface area (TPSA) is 71.9 Å². The third-order valence-electron chi connectivity index (χ3n) is 4.44. The fourth-order valence-electron chi connectivity index (χ4n) is 3.24. The molecule has 1 aromatic heterocycles. The number of hydrogen-bond acceptors (Lipinski definition) is 4. The standard InChI is InChI=1S/C17H22N4O2S/c1-11-5-3-6-12(9-11)16-19-20-17(24)21(16)10-15(22)18-13-7-4-8-14(13)23-2/h3,5-6,9,13-14H,4,7-8,10H2,1-2H3,(H,18,22)(H,20,24)/t13-,14+/m1/s1. The highest BCUT2D eigenvalue weighted by atomic mass is 32.1. The van der Waals surface area contributed by atoms with E-state index in [1.54, 1.807) is 11.7 Å². The average molecular weight is 346 g/mol. The van der Waals surface area contributed by atoms with E-state index >= 15 is 0 Å². The van der Waals surface area contributed by atoms with Gasteiger partial charge in [0.1, 0.15) is 6.54 Å². The van der Waals surface area contributed by atoms with Crippen LogP contribution in [-0.2, 0) is 16.1 Å². The number of aryl methyl sites for hydroxylation is 1. The molecule has 0 unspecified atom stereocenters. The quantitative estimate of drug-likeness (QED) is 0.817. The van der Waals surface area contributed by atoms with Crippen LogP contribution in [0.5, 0.6) is 0 Å². The Balaban J connectivity index is 1.77. The fourth-order valence-corrected chi connectivity index (χ4v) is 3.43. The summed E-state index contributed by atoms with van der Waals surface area (Å²) in [7, 11) is 1.69. The van der Waals surface area contributed by atoms with Crippen molar-refractivity contribution in [1.82, 2.24) is 20.1 Å². The van der Waals surface area contributed by atoms with Crippen LogP contribution in [0.1, 0.15) is 24.8 Å². The van der Waals surface area contributed by atoms with Crippen molar-refractivity contribution in [2.24, 2.45) is 0 Å². The molecular weight excluding hydrogens is 324 g/mol. The molecule has 7 heteroatoms. The molecule has 0 saturated heterocycles. The maximum absolute atomic E-state index is 12.5. The highest BCUT2D eigenvalue weighted by Crippen LogP contribution is 2.22. The number of rotatable bonds is 5. The van der Waals surface area contributed by atoms with Crippen LogP contribution in [-0.4, -0.2) is 39.9 Å². The Morgan fingerprint density at radius 1 is 1.50 bits per heavy atom. The van der Waals surface area contributed by atoms with E-state index in [0.29, 0.717) is 10.6 Å². The van der Waals surface area contributed by atoms with Gasteiger partial charge >= 0.3 is 0 Å². The number of nitrogens with one attached hydrogen (secondary N) is 2. The molecule has 1 heterocycles. The number of methoxy groups -OCH3 is 1. The van der Waals surface area contributed by atoms with Gasteiger partial charge in [0.2, 0.25) is 5.91 Å². The number of amides is 1. The zero-order chi connectivity index (χ0) is 17.1. The summed E-state index contributed by atoms with van der Waals surface area (Å²) < 4.78 is 7.60. The Labute approximate surface area is 146 Å². The summed E-state index contributed by atoms with van der Waals surface area (Å²) in [5.41, 5.74) is 2.07. The molecule has 2 N–H and O–H groups in total. The van der Waals surface area contributed by atoms with Crippen LogP contribution in [0.4, 0.5) is 0 Å². The minimum atomic E-state index is -0.0737. The number of carbonyl (C=O) groups excluding carboxylic acids is 1. The van der Waals surface area contributed by atoms with Gasteiger partial charge in [-0.3, -0.25) is 14.5 Å². The summed E-state index contributed by atoms with van der Waals surface area (Å²) in [6.45, 7) is 2.17. The Kier molecular flexibility index (Phi) is 5.11. The largest absolute Gasteiger partial charge is 0.379 e. The highest BCUT2D eigenvalue weighted by molar-refractivity contribution is 7.71. The van der Waals surface area contributed by atoms with E-state index < -0.39 is 0 Å². The number of nitrogens with zero attached hydrogens (tertiary/aromatic N) is 2. The molecule has 24 heavy (non-hydrogen) atoms. The number of aromatic amines is 1. The minimum Gasteiger partial charge on any atom is -0.379 e. The van der Waals surface area contributed by atoms with Crippen molar-refractivity contribution in [2.45, 2.75) is 44.9 Å². The second-order valence-electron chi connectivity index (χ2n) is 6.19. The van der Waals surface area contributed by atoms with Crippen molar-refractivity contribution in [2.75, 3.05) is 7.11 Å².